The molecule has 0 aromatic heterocycles. The van der Waals surface area contributed by atoms with E-state index in [-0.39, 0.29) is 18.0 Å². The maximum Gasteiger partial charge on any atom is 0.268 e. The molecule has 2 rings (SSSR count). The summed E-state index contributed by atoms with van der Waals surface area (Å²) in [6.45, 7) is 3.68. The number of aliphatic carboxylic acids is 1. The first kappa shape index (κ1) is 22.7. The third-order valence-corrected chi connectivity index (χ3v) is 4.25. The van der Waals surface area contributed by atoms with Gasteiger partial charge in [0.05, 0.1) is 19.1 Å². The standard InChI is InChI=1S/C23H26N2O5/c1-15(2)13-20(23(28)29)25-22(27)19(14-16-9-11-18(30-3)12-10-16)24-21(26)17-7-5-4-6-8-17/h4-12,14-15,20H,13H2,1-3H3,(H,24,26)(H,25,27)(H,28,29)/p-1/b19-14+/t20-/m1/s1. The predicted octanol–water partition coefficient (Wildman–Crippen LogP) is 1.75. The van der Waals surface area contributed by atoms with Gasteiger partial charge in [-0.05, 0) is 48.2 Å². The molecule has 0 bridgehead atoms. The highest BCUT2D eigenvalue weighted by Crippen LogP contribution is 2.14. The Kier molecular flexibility index (Phi) is 8.17. The normalized spacial score (nSPS) is 12.2. The monoisotopic (exact) mass is 409 g/mol. The molecule has 158 valence electrons. The van der Waals surface area contributed by atoms with Crippen LogP contribution in [0.3, 0.4) is 0 Å². The van der Waals surface area contributed by atoms with Gasteiger partial charge in [0.25, 0.3) is 11.8 Å². The van der Waals surface area contributed by atoms with Crippen molar-refractivity contribution in [3.05, 3.63) is 71.4 Å². The third-order valence-electron chi connectivity index (χ3n) is 4.25. The van der Waals surface area contributed by atoms with E-state index in [0.29, 0.717) is 16.9 Å². The fourth-order valence-electron chi connectivity index (χ4n) is 2.73. The molecular weight excluding hydrogens is 384 g/mol. The number of nitrogens with one attached hydrogen (secondary N) is 2. The molecule has 2 N–H and O–H groups in total. The Morgan fingerprint density at radius 1 is 1.03 bits per heavy atom. The number of amides is 2. The Hall–Kier alpha value is -3.61. The minimum atomic E-state index is -1.38. The van der Waals surface area contributed by atoms with Gasteiger partial charge in [-0.25, -0.2) is 0 Å². The van der Waals surface area contributed by atoms with E-state index in [1.54, 1.807) is 61.7 Å². The molecule has 0 unspecified atom stereocenters. The van der Waals surface area contributed by atoms with Crippen LogP contribution in [-0.4, -0.2) is 30.9 Å². The number of ether oxygens (including phenoxy) is 1. The minimum Gasteiger partial charge on any atom is -0.548 e. The van der Waals surface area contributed by atoms with E-state index < -0.39 is 23.8 Å². The topological polar surface area (TPSA) is 108 Å². The van der Waals surface area contributed by atoms with E-state index in [1.807, 2.05) is 13.8 Å². The van der Waals surface area contributed by atoms with Crippen molar-refractivity contribution in [2.45, 2.75) is 26.3 Å². The van der Waals surface area contributed by atoms with Crippen LogP contribution in [0.4, 0.5) is 0 Å². The lowest BCUT2D eigenvalue weighted by atomic mass is 10.0. The zero-order chi connectivity index (χ0) is 22.1. The van der Waals surface area contributed by atoms with E-state index >= 15 is 0 Å². The smallest absolute Gasteiger partial charge is 0.268 e. The fraction of sp³-hybridized carbons (Fsp3) is 0.261. The summed E-state index contributed by atoms with van der Waals surface area (Å²) >= 11 is 0. The van der Waals surface area contributed by atoms with Crippen molar-refractivity contribution in [2.24, 2.45) is 5.92 Å². The Labute approximate surface area is 175 Å². The molecular formula is C23H25N2O5-. The number of carboxylic acid groups (broad SMARTS) is 1. The molecule has 0 spiro atoms. The Morgan fingerprint density at radius 2 is 1.67 bits per heavy atom. The lowest BCUT2D eigenvalue weighted by Gasteiger charge is -2.22. The van der Waals surface area contributed by atoms with Gasteiger partial charge in [-0.15, -0.1) is 0 Å². The average molecular weight is 409 g/mol. The van der Waals surface area contributed by atoms with Crippen molar-refractivity contribution in [2.75, 3.05) is 7.11 Å². The van der Waals surface area contributed by atoms with Gasteiger partial charge in [0.15, 0.2) is 0 Å². The summed E-state index contributed by atoms with van der Waals surface area (Å²) < 4.78 is 5.12. The van der Waals surface area contributed by atoms with Crippen LogP contribution < -0.4 is 20.5 Å². The molecule has 7 nitrogen and oxygen atoms in total. The second-order valence-electron chi connectivity index (χ2n) is 7.13. The Bertz CT molecular complexity index is 905. The largest absolute Gasteiger partial charge is 0.548 e. The number of hydrogen-bond acceptors (Lipinski definition) is 5. The van der Waals surface area contributed by atoms with Crippen LogP contribution in [0.2, 0.25) is 0 Å². The molecule has 0 radical (unpaired) electrons. The maximum atomic E-state index is 12.8. The highest BCUT2D eigenvalue weighted by molar-refractivity contribution is 6.06. The van der Waals surface area contributed by atoms with Crippen LogP contribution in [0.15, 0.2) is 60.3 Å². The van der Waals surface area contributed by atoms with Gasteiger partial charge in [0, 0.05) is 5.56 Å². The average Bonchev–Trinajstić information content (AvgIpc) is 2.73. The van der Waals surface area contributed by atoms with Crippen LogP contribution in [0.25, 0.3) is 6.08 Å². The lowest BCUT2D eigenvalue weighted by Crippen LogP contribution is -2.50. The van der Waals surface area contributed by atoms with E-state index in [1.165, 1.54) is 6.08 Å². The van der Waals surface area contributed by atoms with Gasteiger partial charge >= 0.3 is 0 Å². The first-order valence-corrected chi connectivity index (χ1v) is 9.54. The van der Waals surface area contributed by atoms with Crippen molar-refractivity contribution in [1.82, 2.24) is 10.6 Å². The number of carbonyl (C=O) groups is 3. The van der Waals surface area contributed by atoms with Crippen LogP contribution in [0.5, 0.6) is 5.75 Å². The number of carboxylic acids is 1. The minimum absolute atomic E-state index is 0.0288. The summed E-state index contributed by atoms with van der Waals surface area (Å²) in [5, 5.41) is 16.4. The molecule has 2 aromatic rings. The first-order chi connectivity index (χ1) is 14.3. The van der Waals surface area contributed by atoms with Gasteiger partial charge < -0.3 is 25.3 Å². The second kappa shape index (κ2) is 10.8. The molecule has 0 aliphatic rings. The van der Waals surface area contributed by atoms with Crippen molar-refractivity contribution >= 4 is 23.9 Å². The predicted molar refractivity (Wildman–Crippen MR) is 111 cm³/mol. The van der Waals surface area contributed by atoms with Crippen molar-refractivity contribution < 1.29 is 24.2 Å². The molecule has 0 heterocycles. The molecule has 0 aliphatic heterocycles. The summed E-state index contributed by atoms with van der Waals surface area (Å²) in [5.41, 5.74) is 0.914. The molecule has 30 heavy (non-hydrogen) atoms. The molecule has 1 atom stereocenters. The second-order valence-corrected chi connectivity index (χ2v) is 7.13. The van der Waals surface area contributed by atoms with Crippen molar-refractivity contribution in [3.63, 3.8) is 0 Å². The zero-order valence-corrected chi connectivity index (χ0v) is 17.2. The molecule has 0 fully saturated rings. The van der Waals surface area contributed by atoms with Crippen molar-refractivity contribution in [1.29, 1.82) is 0 Å². The number of hydrogen-bond donors (Lipinski definition) is 2. The summed E-state index contributed by atoms with van der Waals surface area (Å²) in [4.78, 5) is 36.8. The molecule has 2 aromatic carbocycles. The Morgan fingerprint density at radius 3 is 2.20 bits per heavy atom. The van der Waals surface area contributed by atoms with E-state index in [4.69, 9.17) is 4.74 Å². The summed E-state index contributed by atoms with van der Waals surface area (Å²) in [6.07, 6.45) is 1.67. The highest BCUT2D eigenvalue weighted by Gasteiger charge is 2.20. The molecule has 2 amide bonds. The van der Waals surface area contributed by atoms with Gasteiger partial charge in [-0.2, -0.15) is 0 Å². The summed E-state index contributed by atoms with van der Waals surface area (Å²) in [7, 11) is 1.54. The van der Waals surface area contributed by atoms with Gasteiger partial charge in [-0.3, -0.25) is 9.59 Å². The van der Waals surface area contributed by atoms with Crippen molar-refractivity contribution in [3.8, 4) is 5.75 Å². The van der Waals surface area contributed by atoms with Crippen LogP contribution in [0, 0.1) is 5.92 Å². The Balaban J connectivity index is 2.31. The van der Waals surface area contributed by atoms with E-state index in [9.17, 15) is 19.5 Å². The summed E-state index contributed by atoms with van der Waals surface area (Å²) in [6, 6.07) is 14.1. The molecule has 7 heteroatoms. The molecule has 0 saturated carbocycles. The number of benzene rings is 2. The number of methoxy groups -OCH3 is 1. The fourth-order valence-corrected chi connectivity index (χ4v) is 2.73. The number of carbonyl (C=O) groups excluding carboxylic acids is 3. The summed E-state index contributed by atoms with van der Waals surface area (Å²) in [5.74, 6) is -1.92. The van der Waals surface area contributed by atoms with Crippen LogP contribution in [-0.2, 0) is 9.59 Å². The zero-order valence-electron chi connectivity index (χ0n) is 17.2. The molecule has 0 saturated heterocycles. The van der Waals surface area contributed by atoms with Gasteiger partial charge in [-0.1, -0.05) is 44.2 Å². The SMILES string of the molecule is COc1ccc(/C=C(/NC(=O)c2ccccc2)C(=O)N[C@H](CC(C)C)C(=O)[O-])cc1. The van der Waals surface area contributed by atoms with Crippen LogP contribution in [0.1, 0.15) is 36.2 Å². The van der Waals surface area contributed by atoms with Gasteiger partial charge in [0.2, 0.25) is 0 Å². The maximum absolute atomic E-state index is 12.8. The lowest BCUT2D eigenvalue weighted by molar-refractivity contribution is -0.308. The molecule has 0 aliphatic carbocycles. The van der Waals surface area contributed by atoms with Crippen LogP contribution >= 0.6 is 0 Å². The highest BCUT2D eigenvalue weighted by atomic mass is 16.5. The quantitative estimate of drug-likeness (QED) is 0.614. The van der Waals surface area contributed by atoms with E-state index in [2.05, 4.69) is 10.6 Å². The van der Waals surface area contributed by atoms with Gasteiger partial charge in [0.1, 0.15) is 11.4 Å². The first-order valence-electron chi connectivity index (χ1n) is 9.54. The third kappa shape index (κ3) is 6.77. The van der Waals surface area contributed by atoms with E-state index in [0.717, 1.165) is 0 Å². The number of rotatable bonds is 9.